The van der Waals surface area contributed by atoms with E-state index in [0.29, 0.717) is 0 Å². The van der Waals surface area contributed by atoms with Gasteiger partial charge in [0.1, 0.15) is 0 Å². The molecule has 0 aliphatic heterocycles. The van der Waals surface area contributed by atoms with E-state index in [1.54, 1.807) is 0 Å². The van der Waals surface area contributed by atoms with Gasteiger partial charge in [-0.2, -0.15) is 0 Å². The zero-order valence-electron chi connectivity index (χ0n) is 13.1. The third-order valence-corrected chi connectivity index (χ3v) is 6.55. The molecule has 0 aromatic carbocycles. The Kier molecular flexibility index (Phi) is 12.9. The van der Waals surface area contributed by atoms with Gasteiger partial charge in [0.25, 0.3) is 0 Å². The van der Waals surface area contributed by atoms with Crippen molar-refractivity contribution in [3.63, 3.8) is 0 Å². The van der Waals surface area contributed by atoms with Crippen molar-refractivity contribution in [1.82, 2.24) is 0 Å². The molecule has 0 aliphatic carbocycles. The molecule has 0 nitrogen and oxygen atoms in total. The molecule has 0 bridgehead atoms. The summed E-state index contributed by atoms with van der Waals surface area (Å²) in [6.45, 7) is 9.32. The summed E-state index contributed by atoms with van der Waals surface area (Å²) in [6.07, 6.45) is 11.0. The molecule has 1 atom stereocenters. The van der Waals surface area contributed by atoms with Crippen LogP contribution in [0.5, 0.6) is 0 Å². The van der Waals surface area contributed by atoms with Gasteiger partial charge in [-0.15, -0.1) is 0 Å². The molecule has 0 spiro atoms. The van der Waals surface area contributed by atoms with E-state index < -0.39 is 8.11 Å². The van der Waals surface area contributed by atoms with E-state index in [1.165, 1.54) is 63.5 Å². The third-order valence-electron chi connectivity index (χ3n) is 3.69. The lowest BCUT2D eigenvalue weighted by molar-refractivity contribution is 0.448. The van der Waals surface area contributed by atoms with E-state index in [1.807, 2.05) is 0 Å². The van der Waals surface area contributed by atoms with E-state index in [4.69, 9.17) is 11.1 Å². The number of rotatable bonds is 12. The maximum atomic E-state index is 6.49. The molecular weight excluding hydrogens is 256 g/mol. The summed E-state index contributed by atoms with van der Waals surface area (Å²) >= 11 is 6.49. The molecular formula is C16H34ClSi+. The summed E-state index contributed by atoms with van der Waals surface area (Å²) in [5.74, 6) is 1.75. The van der Waals surface area contributed by atoms with Crippen LogP contribution in [0.1, 0.15) is 79.1 Å². The van der Waals surface area contributed by atoms with Crippen LogP contribution >= 0.6 is 11.1 Å². The summed E-state index contributed by atoms with van der Waals surface area (Å²) in [4.78, 5) is 0. The van der Waals surface area contributed by atoms with Crippen molar-refractivity contribution in [2.24, 2.45) is 11.8 Å². The summed E-state index contributed by atoms with van der Waals surface area (Å²) in [6, 6.07) is 2.64. The minimum absolute atomic E-state index is 0.534. The first-order chi connectivity index (χ1) is 8.56. The molecule has 0 aromatic heterocycles. The molecule has 18 heavy (non-hydrogen) atoms. The molecule has 0 aliphatic rings. The molecule has 1 unspecified atom stereocenters. The highest BCUT2D eigenvalue weighted by molar-refractivity contribution is 7.06. The van der Waals surface area contributed by atoms with Crippen LogP contribution in [0.25, 0.3) is 0 Å². The van der Waals surface area contributed by atoms with Crippen LogP contribution in [0.2, 0.25) is 12.1 Å². The molecule has 0 N–H and O–H groups in total. The Morgan fingerprint density at radius 3 is 2.17 bits per heavy atom. The highest BCUT2D eigenvalue weighted by Gasteiger charge is 2.24. The van der Waals surface area contributed by atoms with Crippen LogP contribution in [0.4, 0.5) is 0 Å². The van der Waals surface area contributed by atoms with E-state index >= 15 is 0 Å². The van der Waals surface area contributed by atoms with Crippen LogP contribution in [-0.2, 0) is 0 Å². The van der Waals surface area contributed by atoms with E-state index in [-0.39, 0.29) is 0 Å². The normalized spacial score (nSPS) is 13.0. The summed E-state index contributed by atoms with van der Waals surface area (Å²) < 4.78 is 0. The molecule has 0 radical (unpaired) electrons. The van der Waals surface area contributed by atoms with E-state index in [2.05, 4.69) is 27.7 Å². The molecule has 0 amide bonds. The largest absolute Gasteiger partial charge is 0.431 e. The van der Waals surface area contributed by atoms with Crippen LogP contribution in [0, 0.1) is 11.8 Å². The molecule has 108 valence electrons. The summed E-state index contributed by atoms with van der Waals surface area (Å²) in [7, 11) is -0.534. The number of hydrogen-bond donors (Lipinski definition) is 0. The Balaban J connectivity index is 3.38. The second-order valence-corrected chi connectivity index (χ2v) is 9.93. The lowest BCUT2D eigenvalue weighted by Gasteiger charge is -2.10. The van der Waals surface area contributed by atoms with Crippen molar-refractivity contribution in [1.29, 1.82) is 0 Å². The van der Waals surface area contributed by atoms with Crippen LogP contribution in [-0.4, -0.2) is 8.11 Å². The Morgan fingerprint density at radius 1 is 0.833 bits per heavy atom. The topological polar surface area (TPSA) is 0 Å². The van der Waals surface area contributed by atoms with Gasteiger partial charge in [-0.1, -0.05) is 66.2 Å². The standard InChI is InChI=1S/C16H34ClSi/c1-5-6-7-8-13-18(17)14-12-16(4)11-9-10-15(2)3/h15-16H,5-14H2,1-4H3/q+1. The fourth-order valence-corrected chi connectivity index (χ4v) is 4.71. The van der Waals surface area contributed by atoms with Gasteiger partial charge < -0.3 is 0 Å². The zero-order valence-corrected chi connectivity index (χ0v) is 14.9. The predicted octanol–water partition coefficient (Wildman–Crippen LogP) is 6.65. The SMILES string of the molecule is CCCCCC[Si+](Cl)CCC(C)CCCC(C)C. The lowest BCUT2D eigenvalue weighted by Crippen LogP contribution is -2.06. The van der Waals surface area contributed by atoms with E-state index in [9.17, 15) is 0 Å². The maximum absolute atomic E-state index is 6.49. The Labute approximate surface area is 122 Å². The predicted molar refractivity (Wildman–Crippen MR) is 87.8 cm³/mol. The molecule has 0 saturated heterocycles. The fraction of sp³-hybridized carbons (Fsp3) is 1.00. The van der Waals surface area contributed by atoms with Crippen molar-refractivity contribution in [2.45, 2.75) is 91.1 Å². The third kappa shape index (κ3) is 13.0. The van der Waals surface area contributed by atoms with Gasteiger partial charge in [0.2, 0.25) is 0 Å². The summed E-state index contributed by atoms with van der Waals surface area (Å²) in [5.41, 5.74) is 0. The number of halogens is 1. The van der Waals surface area contributed by atoms with Crippen molar-refractivity contribution in [3.8, 4) is 0 Å². The van der Waals surface area contributed by atoms with Gasteiger partial charge in [-0.3, -0.25) is 0 Å². The van der Waals surface area contributed by atoms with Gasteiger partial charge in [-0.05, 0) is 24.7 Å². The van der Waals surface area contributed by atoms with Crippen molar-refractivity contribution in [2.75, 3.05) is 0 Å². The monoisotopic (exact) mass is 289 g/mol. The second kappa shape index (κ2) is 12.5. The van der Waals surface area contributed by atoms with Crippen LogP contribution < -0.4 is 0 Å². The van der Waals surface area contributed by atoms with Crippen molar-refractivity contribution in [3.05, 3.63) is 0 Å². The minimum atomic E-state index is -0.534. The lowest BCUT2D eigenvalue weighted by atomic mass is 9.98. The summed E-state index contributed by atoms with van der Waals surface area (Å²) in [5, 5.41) is 0. The second-order valence-electron chi connectivity index (χ2n) is 6.30. The molecule has 0 heterocycles. The molecule has 0 saturated carbocycles. The fourth-order valence-electron chi connectivity index (χ4n) is 2.29. The Morgan fingerprint density at radius 2 is 1.56 bits per heavy atom. The Hall–Kier alpha value is 0.507. The van der Waals surface area contributed by atoms with Crippen molar-refractivity contribution >= 4 is 19.2 Å². The first kappa shape index (κ1) is 18.5. The van der Waals surface area contributed by atoms with Gasteiger partial charge in [0.05, 0.1) is 23.2 Å². The van der Waals surface area contributed by atoms with Gasteiger partial charge in [0, 0.05) is 0 Å². The van der Waals surface area contributed by atoms with E-state index in [0.717, 1.165) is 11.8 Å². The first-order valence-electron chi connectivity index (χ1n) is 8.06. The van der Waals surface area contributed by atoms with Gasteiger partial charge >= 0.3 is 8.11 Å². The first-order valence-corrected chi connectivity index (χ1v) is 11.0. The molecule has 0 aromatic rings. The number of hydrogen-bond acceptors (Lipinski definition) is 0. The average molecular weight is 290 g/mol. The number of unbranched alkanes of at least 4 members (excludes halogenated alkanes) is 3. The maximum Gasteiger partial charge on any atom is 0.431 e. The minimum Gasteiger partial charge on any atom is -0.0654 e. The van der Waals surface area contributed by atoms with Gasteiger partial charge in [-0.25, -0.2) is 0 Å². The van der Waals surface area contributed by atoms with Crippen LogP contribution in [0.3, 0.4) is 0 Å². The van der Waals surface area contributed by atoms with Crippen molar-refractivity contribution < 1.29 is 0 Å². The highest BCUT2D eigenvalue weighted by atomic mass is 35.6. The molecule has 0 fully saturated rings. The smallest absolute Gasteiger partial charge is 0.0654 e. The average Bonchev–Trinajstić information content (AvgIpc) is 2.31. The molecule has 0 rings (SSSR count). The quantitative estimate of drug-likeness (QED) is 0.214. The Bertz CT molecular complexity index is 170. The molecule has 2 heteroatoms. The van der Waals surface area contributed by atoms with Gasteiger partial charge in [0.15, 0.2) is 0 Å². The van der Waals surface area contributed by atoms with Crippen LogP contribution in [0.15, 0.2) is 0 Å². The highest BCUT2D eigenvalue weighted by Crippen LogP contribution is 2.21. The zero-order chi connectivity index (χ0) is 13.8.